The van der Waals surface area contributed by atoms with Crippen molar-refractivity contribution < 1.29 is 27.3 Å². The summed E-state index contributed by atoms with van der Waals surface area (Å²) in [5, 5.41) is 7.60. The molecular weight excluding hydrogens is 279 g/mol. The Labute approximate surface area is 112 Å². The molecule has 0 aliphatic rings. The van der Waals surface area contributed by atoms with Crippen LogP contribution in [-0.4, -0.2) is 36.2 Å². The maximum Gasteiger partial charge on any atom is 0.471 e. The van der Waals surface area contributed by atoms with Crippen LogP contribution in [-0.2, 0) is 4.79 Å². The third-order valence-corrected chi connectivity index (χ3v) is 2.30. The first-order chi connectivity index (χ1) is 9.21. The fourth-order valence-corrected chi connectivity index (χ4v) is 1.21. The summed E-state index contributed by atoms with van der Waals surface area (Å²) in [5.74, 6) is -2.60. The normalized spacial score (nSPS) is 11.5. The van der Waals surface area contributed by atoms with Gasteiger partial charge in [-0.05, 0) is 5.92 Å². The molecule has 0 aliphatic carbocycles. The summed E-state index contributed by atoms with van der Waals surface area (Å²) in [6.07, 6.45) is -4.93. The molecule has 2 amide bonds. The zero-order valence-corrected chi connectivity index (χ0v) is 10.9. The summed E-state index contributed by atoms with van der Waals surface area (Å²) in [6.45, 7) is 3.24. The number of rotatable bonds is 5. The largest absolute Gasteiger partial charge is 0.471 e. The number of carbonyl (C=O) groups is 2. The van der Waals surface area contributed by atoms with Crippen LogP contribution in [0.25, 0.3) is 0 Å². The first kappa shape index (κ1) is 16.0. The van der Waals surface area contributed by atoms with Gasteiger partial charge < -0.3 is 15.2 Å². The van der Waals surface area contributed by atoms with E-state index in [2.05, 4.69) is 10.5 Å². The van der Waals surface area contributed by atoms with Gasteiger partial charge in [0.25, 0.3) is 5.91 Å². The van der Waals surface area contributed by atoms with Crippen LogP contribution in [0, 0.1) is 0 Å². The Morgan fingerprint density at radius 3 is 2.40 bits per heavy atom. The highest BCUT2D eigenvalue weighted by molar-refractivity contribution is 5.91. The lowest BCUT2D eigenvalue weighted by Gasteiger charge is -2.07. The minimum atomic E-state index is -4.93. The third kappa shape index (κ3) is 4.56. The maximum absolute atomic E-state index is 11.9. The van der Waals surface area contributed by atoms with E-state index in [9.17, 15) is 22.8 Å². The molecule has 0 atom stereocenters. The standard InChI is InChI=1S/C11H14F3N3O3/c1-6(2)7-5-8(20-17-7)9(18)15-3-4-16-10(19)11(12,13)14/h5-6H,3-4H2,1-2H3,(H,15,18)(H,16,19). The van der Waals surface area contributed by atoms with E-state index in [4.69, 9.17) is 4.52 Å². The summed E-state index contributed by atoms with van der Waals surface area (Å²) >= 11 is 0. The number of hydrogen-bond donors (Lipinski definition) is 2. The molecule has 2 N–H and O–H groups in total. The first-order valence-corrected chi connectivity index (χ1v) is 5.81. The van der Waals surface area contributed by atoms with Gasteiger partial charge in [0.05, 0.1) is 5.69 Å². The predicted molar refractivity (Wildman–Crippen MR) is 62.0 cm³/mol. The number of hydrogen-bond acceptors (Lipinski definition) is 4. The lowest BCUT2D eigenvalue weighted by atomic mass is 10.1. The Balaban J connectivity index is 2.35. The topological polar surface area (TPSA) is 84.2 Å². The molecule has 0 radical (unpaired) electrons. The smallest absolute Gasteiger partial charge is 0.351 e. The van der Waals surface area contributed by atoms with Gasteiger partial charge in [-0.3, -0.25) is 9.59 Å². The summed E-state index contributed by atoms with van der Waals surface area (Å²) < 4.78 is 40.4. The van der Waals surface area contributed by atoms with Crippen molar-refractivity contribution in [1.82, 2.24) is 15.8 Å². The Bertz CT molecular complexity index is 483. The van der Waals surface area contributed by atoms with Gasteiger partial charge in [-0.25, -0.2) is 0 Å². The van der Waals surface area contributed by atoms with Gasteiger partial charge in [0.2, 0.25) is 5.76 Å². The molecule has 0 aromatic carbocycles. The number of nitrogens with zero attached hydrogens (tertiary/aromatic N) is 1. The van der Waals surface area contributed by atoms with Crippen molar-refractivity contribution in [3.05, 3.63) is 17.5 Å². The molecule has 1 aromatic rings. The van der Waals surface area contributed by atoms with E-state index >= 15 is 0 Å². The summed E-state index contributed by atoms with van der Waals surface area (Å²) in [5.41, 5.74) is 0.598. The monoisotopic (exact) mass is 293 g/mol. The molecule has 0 unspecified atom stereocenters. The number of aromatic nitrogens is 1. The lowest BCUT2D eigenvalue weighted by Crippen LogP contribution is -2.41. The number of nitrogens with one attached hydrogen (secondary N) is 2. The Morgan fingerprint density at radius 2 is 1.90 bits per heavy atom. The van der Waals surface area contributed by atoms with E-state index in [1.54, 1.807) is 5.32 Å². The number of alkyl halides is 3. The van der Waals surface area contributed by atoms with Crippen LogP contribution < -0.4 is 10.6 Å². The molecule has 0 bridgehead atoms. The number of carbonyl (C=O) groups excluding carboxylic acids is 2. The van der Waals surface area contributed by atoms with Gasteiger partial charge in [0.1, 0.15) is 0 Å². The van der Waals surface area contributed by atoms with Crippen LogP contribution in [0.1, 0.15) is 36.0 Å². The summed E-state index contributed by atoms with van der Waals surface area (Å²) in [6, 6.07) is 1.45. The molecule has 1 aromatic heterocycles. The molecule has 9 heteroatoms. The van der Waals surface area contributed by atoms with E-state index in [0.717, 1.165) is 0 Å². The van der Waals surface area contributed by atoms with E-state index < -0.39 is 18.0 Å². The van der Waals surface area contributed by atoms with Crippen molar-refractivity contribution in [2.24, 2.45) is 0 Å². The highest BCUT2D eigenvalue weighted by Gasteiger charge is 2.38. The number of amides is 2. The van der Waals surface area contributed by atoms with Crippen molar-refractivity contribution >= 4 is 11.8 Å². The van der Waals surface area contributed by atoms with Gasteiger partial charge in [-0.1, -0.05) is 19.0 Å². The van der Waals surface area contributed by atoms with Crippen molar-refractivity contribution in [2.75, 3.05) is 13.1 Å². The Kier molecular flexibility index (Phi) is 5.12. The van der Waals surface area contributed by atoms with Gasteiger partial charge in [0.15, 0.2) is 0 Å². The van der Waals surface area contributed by atoms with Gasteiger partial charge in [-0.15, -0.1) is 0 Å². The Morgan fingerprint density at radius 1 is 1.30 bits per heavy atom. The van der Waals surface area contributed by atoms with Crippen LogP contribution >= 0.6 is 0 Å². The van der Waals surface area contributed by atoms with E-state index in [1.165, 1.54) is 6.07 Å². The van der Waals surface area contributed by atoms with Crippen LogP contribution in [0.4, 0.5) is 13.2 Å². The van der Waals surface area contributed by atoms with Crippen molar-refractivity contribution in [3.63, 3.8) is 0 Å². The minimum Gasteiger partial charge on any atom is -0.351 e. The maximum atomic E-state index is 11.9. The van der Waals surface area contributed by atoms with Crippen LogP contribution in [0.5, 0.6) is 0 Å². The highest BCUT2D eigenvalue weighted by atomic mass is 19.4. The average molecular weight is 293 g/mol. The lowest BCUT2D eigenvalue weighted by molar-refractivity contribution is -0.173. The summed E-state index contributed by atoms with van der Waals surface area (Å²) in [4.78, 5) is 22.0. The predicted octanol–water partition coefficient (Wildman–Crippen LogP) is 1.21. The average Bonchev–Trinajstić information content (AvgIpc) is 2.82. The van der Waals surface area contributed by atoms with Crippen LogP contribution in [0.15, 0.2) is 10.6 Å². The van der Waals surface area contributed by atoms with Crippen molar-refractivity contribution in [3.8, 4) is 0 Å². The highest BCUT2D eigenvalue weighted by Crippen LogP contribution is 2.14. The molecule has 1 heterocycles. The zero-order valence-electron chi connectivity index (χ0n) is 10.9. The van der Waals surface area contributed by atoms with Crippen molar-refractivity contribution in [1.29, 1.82) is 0 Å². The molecule has 20 heavy (non-hydrogen) atoms. The second kappa shape index (κ2) is 6.40. The van der Waals surface area contributed by atoms with Gasteiger partial charge in [0, 0.05) is 19.2 Å². The molecule has 0 spiro atoms. The first-order valence-electron chi connectivity index (χ1n) is 5.81. The van der Waals surface area contributed by atoms with E-state index in [0.29, 0.717) is 5.69 Å². The molecule has 1 rings (SSSR count). The molecule has 112 valence electrons. The summed E-state index contributed by atoms with van der Waals surface area (Å²) in [7, 11) is 0. The SMILES string of the molecule is CC(C)c1cc(C(=O)NCCNC(=O)C(F)(F)F)on1. The third-order valence-electron chi connectivity index (χ3n) is 2.30. The Hall–Kier alpha value is -2.06. The molecule has 0 saturated heterocycles. The molecule has 0 saturated carbocycles. The fraction of sp³-hybridized carbons (Fsp3) is 0.545. The number of halogens is 3. The molecule has 0 aliphatic heterocycles. The molecule has 6 nitrogen and oxygen atoms in total. The van der Waals surface area contributed by atoms with E-state index in [-0.39, 0.29) is 24.8 Å². The second-order valence-electron chi connectivity index (χ2n) is 4.28. The molecule has 0 fully saturated rings. The minimum absolute atomic E-state index is 0.0316. The van der Waals surface area contributed by atoms with Crippen LogP contribution in [0.3, 0.4) is 0 Å². The second-order valence-corrected chi connectivity index (χ2v) is 4.28. The van der Waals surface area contributed by atoms with Gasteiger partial charge in [-0.2, -0.15) is 13.2 Å². The van der Waals surface area contributed by atoms with E-state index in [1.807, 2.05) is 13.8 Å². The quantitative estimate of drug-likeness (QED) is 0.799. The molecular formula is C11H14F3N3O3. The van der Waals surface area contributed by atoms with Crippen LogP contribution in [0.2, 0.25) is 0 Å². The van der Waals surface area contributed by atoms with Crippen molar-refractivity contribution in [2.45, 2.75) is 25.9 Å². The zero-order chi connectivity index (χ0) is 15.3. The van der Waals surface area contributed by atoms with Gasteiger partial charge >= 0.3 is 12.1 Å². The fourth-order valence-electron chi connectivity index (χ4n) is 1.21.